The molecule has 0 atom stereocenters. The summed E-state index contributed by atoms with van der Waals surface area (Å²) in [4.78, 5) is 4.23. The molecular formula is C17H16F3N3O3S2. The van der Waals surface area contributed by atoms with Crippen molar-refractivity contribution in [3.8, 4) is 11.4 Å². The largest absolute Gasteiger partial charge is 0.471 e. The fraction of sp³-hybridized carbons (Fsp3) is 0.294. The van der Waals surface area contributed by atoms with Gasteiger partial charge in [-0.25, -0.2) is 8.42 Å². The summed E-state index contributed by atoms with van der Waals surface area (Å²) in [7, 11) is -3.62. The minimum atomic E-state index is -4.71. The zero-order chi connectivity index (χ0) is 20.5. The highest BCUT2D eigenvalue weighted by atomic mass is 32.2. The van der Waals surface area contributed by atoms with Crippen LogP contribution in [0.2, 0.25) is 0 Å². The van der Waals surface area contributed by atoms with Crippen molar-refractivity contribution in [1.82, 2.24) is 14.4 Å². The van der Waals surface area contributed by atoms with Gasteiger partial charge in [0.2, 0.25) is 5.82 Å². The molecule has 0 spiro atoms. The predicted molar refractivity (Wildman–Crippen MR) is 97.1 cm³/mol. The van der Waals surface area contributed by atoms with Gasteiger partial charge in [-0.15, -0.1) is 11.3 Å². The smallest absolute Gasteiger partial charge is 0.329 e. The van der Waals surface area contributed by atoms with Gasteiger partial charge < -0.3 is 4.52 Å². The third-order valence-electron chi connectivity index (χ3n) is 3.90. The Bertz CT molecular complexity index is 1060. The van der Waals surface area contributed by atoms with Crippen molar-refractivity contribution in [3.63, 3.8) is 0 Å². The number of halogens is 3. The molecule has 0 radical (unpaired) electrons. The molecule has 0 N–H and O–H groups in total. The number of hydrogen-bond donors (Lipinski definition) is 0. The van der Waals surface area contributed by atoms with Crippen LogP contribution in [0.4, 0.5) is 13.2 Å². The average molecular weight is 431 g/mol. The number of sulfonamides is 1. The molecule has 0 unspecified atom stereocenters. The lowest BCUT2D eigenvalue weighted by atomic mass is 10.1. The summed E-state index contributed by atoms with van der Waals surface area (Å²) >= 11 is 1.20. The Morgan fingerprint density at radius 3 is 2.32 bits per heavy atom. The topological polar surface area (TPSA) is 76.3 Å². The van der Waals surface area contributed by atoms with Crippen molar-refractivity contribution in [2.45, 2.75) is 30.8 Å². The van der Waals surface area contributed by atoms with Crippen LogP contribution in [0.25, 0.3) is 11.4 Å². The van der Waals surface area contributed by atoms with Crippen molar-refractivity contribution in [2.24, 2.45) is 0 Å². The first kappa shape index (κ1) is 20.5. The van der Waals surface area contributed by atoms with Crippen molar-refractivity contribution in [2.75, 3.05) is 6.54 Å². The molecule has 11 heteroatoms. The van der Waals surface area contributed by atoms with Crippen LogP contribution in [-0.4, -0.2) is 29.4 Å². The number of aryl methyl sites for hydroxylation is 1. The summed E-state index contributed by atoms with van der Waals surface area (Å²) in [5.41, 5.74) is 1.02. The van der Waals surface area contributed by atoms with Gasteiger partial charge in [0, 0.05) is 23.5 Å². The zero-order valence-corrected chi connectivity index (χ0v) is 16.5. The Hall–Kier alpha value is -2.24. The van der Waals surface area contributed by atoms with E-state index < -0.39 is 22.1 Å². The summed E-state index contributed by atoms with van der Waals surface area (Å²) < 4.78 is 69.0. The van der Waals surface area contributed by atoms with Gasteiger partial charge in [-0.1, -0.05) is 36.3 Å². The first-order valence-corrected chi connectivity index (χ1v) is 10.4. The maximum Gasteiger partial charge on any atom is 0.471 e. The number of hydrogen-bond acceptors (Lipinski definition) is 6. The minimum absolute atomic E-state index is 0.135. The highest BCUT2D eigenvalue weighted by Gasteiger charge is 2.38. The first-order valence-electron chi connectivity index (χ1n) is 8.18. The monoisotopic (exact) mass is 431 g/mol. The molecule has 6 nitrogen and oxygen atoms in total. The molecule has 2 aromatic heterocycles. The number of aromatic nitrogens is 2. The van der Waals surface area contributed by atoms with Crippen molar-refractivity contribution in [3.05, 3.63) is 52.7 Å². The molecule has 3 rings (SSSR count). The molecule has 0 amide bonds. The van der Waals surface area contributed by atoms with Gasteiger partial charge in [0.1, 0.15) is 4.21 Å². The van der Waals surface area contributed by atoms with Crippen molar-refractivity contribution in [1.29, 1.82) is 0 Å². The van der Waals surface area contributed by atoms with Crippen LogP contribution in [0.5, 0.6) is 0 Å². The molecular weight excluding hydrogens is 415 g/mol. The molecule has 1 aromatic carbocycles. The summed E-state index contributed by atoms with van der Waals surface area (Å²) in [5.74, 6) is -1.60. The van der Waals surface area contributed by atoms with Crippen molar-refractivity contribution >= 4 is 21.4 Å². The van der Waals surface area contributed by atoms with Crippen LogP contribution in [0, 0.1) is 6.92 Å². The molecule has 3 aromatic rings. The van der Waals surface area contributed by atoms with Gasteiger partial charge in [-0.2, -0.15) is 22.5 Å². The molecule has 150 valence electrons. The van der Waals surface area contributed by atoms with E-state index in [1.165, 1.54) is 27.8 Å². The number of rotatable bonds is 6. The van der Waals surface area contributed by atoms with E-state index in [2.05, 4.69) is 14.7 Å². The fourth-order valence-electron chi connectivity index (χ4n) is 2.46. The van der Waals surface area contributed by atoms with Gasteiger partial charge in [0.25, 0.3) is 10.0 Å². The Balaban J connectivity index is 1.78. The Labute approximate surface area is 163 Å². The molecule has 0 bridgehead atoms. The van der Waals surface area contributed by atoms with E-state index in [1.54, 1.807) is 31.2 Å². The second-order valence-corrected chi connectivity index (χ2v) is 9.37. The third kappa shape index (κ3) is 4.26. The van der Waals surface area contributed by atoms with Crippen LogP contribution in [-0.2, 0) is 22.7 Å². The van der Waals surface area contributed by atoms with Crippen LogP contribution in [0.3, 0.4) is 0 Å². The highest BCUT2D eigenvalue weighted by molar-refractivity contribution is 7.91. The number of nitrogens with zero attached hydrogens (tertiary/aromatic N) is 3. The zero-order valence-electron chi connectivity index (χ0n) is 14.9. The summed E-state index contributed by atoms with van der Waals surface area (Å²) in [6.45, 7) is 3.99. The van der Waals surface area contributed by atoms with Gasteiger partial charge in [0.15, 0.2) is 0 Å². The van der Waals surface area contributed by atoms with Crippen LogP contribution in [0.1, 0.15) is 23.3 Å². The molecule has 0 fully saturated rings. The van der Waals surface area contributed by atoms with Gasteiger partial charge >= 0.3 is 12.1 Å². The standard InChI is InChI=1S/C17H16F3N3O3S2/c1-3-23(28(24,25)14-9-4-11(2)27-14)10-12-5-7-13(8-6-12)15-21-16(26-22-15)17(18,19)20/h4-9H,3,10H2,1-2H3. The average Bonchev–Trinajstić information content (AvgIpc) is 3.29. The van der Waals surface area contributed by atoms with E-state index in [9.17, 15) is 21.6 Å². The lowest BCUT2D eigenvalue weighted by Crippen LogP contribution is -2.29. The second-order valence-electron chi connectivity index (χ2n) is 5.91. The van der Waals surface area contributed by atoms with Crippen molar-refractivity contribution < 1.29 is 26.1 Å². The molecule has 2 heterocycles. The van der Waals surface area contributed by atoms with Gasteiger partial charge in [-0.05, 0) is 24.6 Å². The quantitative estimate of drug-likeness (QED) is 0.580. The van der Waals surface area contributed by atoms with Crippen LogP contribution in [0.15, 0.2) is 45.1 Å². The van der Waals surface area contributed by atoms with Crippen LogP contribution < -0.4 is 0 Å². The number of alkyl halides is 3. The first-order chi connectivity index (χ1) is 13.1. The fourth-order valence-corrected chi connectivity index (χ4v) is 5.34. The molecule has 0 saturated carbocycles. The van der Waals surface area contributed by atoms with Gasteiger partial charge in [0.05, 0.1) is 0 Å². The Morgan fingerprint density at radius 1 is 1.14 bits per heavy atom. The lowest BCUT2D eigenvalue weighted by molar-refractivity contribution is -0.159. The molecule has 0 aliphatic rings. The van der Waals surface area contributed by atoms with E-state index in [1.807, 2.05) is 6.92 Å². The third-order valence-corrected chi connectivity index (χ3v) is 7.29. The van der Waals surface area contributed by atoms with Gasteiger partial charge in [-0.3, -0.25) is 0 Å². The maximum atomic E-state index is 12.8. The summed E-state index contributed by atoms with van der Waals surface area (Å²) in [5, 5.41) is 3.33. The summed E-state index contributed by atoms with van der Waals surface area (Å²) in [6, 6.07) is 9.62. The normalized spacial score (nSPS) is 12.6. The lowest BCUT2D eigenvalue weighted by Gasteiger charge is -2.19. The molecule has 0 saturated heterocycles. The maximum absolute atomic E-state index is 12.8. The van der Waals surface area contributed by atoms with E-state index in [0.29, 0.717) is 11.1 Å². The minimum Gasteiger partial charge on any atom is -0.329 e. The Morgan fingerprint density at radius 2 is 1.82 bits per heavy atom. The second kappa shape index (κ2) is 7.64. The SMILES string of the molecule is CCN(Cc1ccc(-c2noc(C(F)(F)F)n2)cc1)S(=O)(=O)c1ccc(C)s1. The van der Waals surface area contributed by atoms with E-state index >= 15 is 0 Å². The summed E-state index contributed by atoms with van der Waals surface area (Å²) in [6.07, 6.45) is -4.71. The Kier molecular flexibility index (Phi) is 5.60. The molecule has 0 aliphatic heterocycles. The molecule has 28 heavy (non-hydrogen) atoms. The van der Waals surface area contributed by atoms with Crippen LogP contribution >= 0.6 is 11.3 Å². The predicted octanol–water partition coefficient (Wildman–Crippen LogP) is 4.34. The van der Waals surface area contributed by atoms with E-state index in [-0.39, 0.29) is 23.1 Å². The number of thiophene rings is 1. The van der Waals surface area contributed by atoms with E-state index in [4.69, 9.17) is 0 Å². The highest BCUT2D eigenvalue weighted by Crippen LogP contribution is 2.30. The molecule has 0 aliphatic carbocycles. The number of benzene rings is 1. The van der Waals surface area contributed by atoms with E-state index in [0.717, 1.165) is 4.88 Å².